The van der Waals surface area contributed by atoms with Crippen molar-refractivity contribution in [1.29, 1.82) is 0 Å². The zero-order valence-electron chi connectivity index (χ0n) is 13.0. The van der Waals surface area contributed by atoms with E-state index in [4.69, 9.17) is 33.0 Å². The van der Waals surface area contributed by atoms with Crippen LogP contribution >= 0.6 is 35.6 Å². The smallest absolute Gasteiger partial charge is 0.324 e. The standard InChI is InChI=1S/C15H16ClN3O3S2/c1-21-14(20)12-8-18(6-7-24-12)9-19-15(23)22-13(17-19)10-2-4-11(16)5-3-10/h2-5,12H,6-9H2,1H3/p+1/t12-/m0/s1. The van der Waals surface area contributed by atoms with E-state index in [2.05, 4.69) is 5.10 Å². The Kier molecular flexibility index (Phi) is 5.60. The number of aromatic nitrogens is 2. The van der Waals surface area contributed by atoms with E-state index in [1.807, 2.05) is 12.1 Å². The fraction of sp³-hybridized carbons (Fsp3) is 0.400. The third-order valence-corrected chi connectivity index (χ3v) is 5.53. The Morgan fingerprint density at radius 1 is 1.54 bits per heavy atom. The minimum Gasteiger partial charge on any atom is -0.468 e. The van der Waals surface area contributed by atoms with Crippen LogP contribution in [0.15, 0.2) is 28.7 Å². The van der Waals surface area contributed by atoms with Gasteiger partial charge in [0.2, 0.25) is 5.89 Å². The van der Waals surface area contributed by atoms with E-state index in [0.717, 1.165) is 17.9 Å². The molecule has 2 heterocycles. The van der Waals surface area contributed by atoms with Crippen molar-refractivity contribution in [3.63, 3.8) is 0 Å². The lowest BCUT2D eigenvalue weighted by molar-refractivity contribution is -0.921. The topological polar surface area (TPSA) is 61.7 Å². The molecule has 3 rings (SSSR count). The number of carbonyl (C=O) groups excluding carboxylic acids is 1. The first-order valence-corrected chi connectivity index (χ1v) is 9.27. The molecule has 9 heteroatoms. The van der Waals surface area contributed by atoms with Crippen LogP contribution in [0.2, 0.25) is 5.02 Å². The third kappa shape index (κ3) is 4.00. The molecule has 1 N–H and O–H groups in total. The van der Waals surface area contributed by atoms with Crippen LogP contribution in [0.25, 0.3) is 11.5 Å². The average molecular weight is 387 g/mol. The van der Waals surface area contributed by atoms with Gasteiger partial charge in [-0.2, -0.15) is 4.68 Å². The number of benzene rings is 1. The number of hydrogen-bond donors (Lipinski definition) is 1. The number of quaternary nitrogens is 1. The fourth-order valence-corrected chi connectivity index (χ4v) is 4.11. The van der Waals surface area contributed by atoms with Crippen molar-refractivity contribution in [2.24, 2.45) is 0 Å². The maximum absolute atomic E-state index is 11.7. The molecule has 24 heavy (non-hydrogen) atoms. The highest BCUT2D eigenvalue weighted by Gasteiger charge is 2.30. The normalized spacial score (nSPS) is 20.8. The Labute approximate surface area is 153 Å². The molecule has 0 saturated carbocycles. The lowest BCUT2D eigenvalue weighted by atomic mass is 10.2. The molecule has 0 aliphatic carbocycles. The summed E-state index contributed by atoms with van der Waals surface area (Å²) in [7, 11) is 1.42. The molecule has 6 nitrogen and oxygen atoms in total. The van der Waals surface area contributed by atoms with Gasteiger partial charge in [-0.1, -0.05) is 11.6 Å². The Balaban J connectivity index is 1.73. The van der Waals surface area contributed by atoms with E-state index in [1.54, 1.807) is 28.6 Å². The summed E-state index contributed by atoms with van der Waals surface area (Å²) in [5.41, 5.74) is 0.820. The number of esters is 1. The van der Waals surface area contributed by atoms with Crippen LogP contribution in [-0.4, -0.2) is 47.0 Å². The largest absolute Gasteiger partial charge is 0.468 e. The van der Waals surface area contributed by atoms with Crippen LogP contribution in [0.1, 0.15) is 0 Å². The summed E-state index contributed by atoms with van der Waals surface area (Å²) in [6, 6.07) is 7.24. The third-order valence-electron chi connectivity index (χ3n) is 3.78. The van der Waals surface area contributed by atoms with Crippen LogP contribution in [-0.2, 0) is 16.2 Å². The Bertz CT molecular complexity index is 775. The molecule has 1 aliphatic rings. The second-order valence-corrected chi connectivity index (χ2v) is 7.52. The number of rotatable bonds is 4. The monoisotopic (exact) mass is 386 g/mol. The van der Waals surface area contributed by atoms with E-state index < -0.39 is 0 Å². The summed E-state index contributed by atoms with van der Waals surface area (Å²) in [6.45, 7) is 2.18. The molecule has 1 fully saturated rings. The van der Waals surface area contributed by atoms with Gasteiger partial charge in [-0.15, -0.1) is 16.9 Å². The lowest BCUT2D eigenvalue weighted by Gasteiger charge is -2.27. The van der Waals surface area contributed by atoms with Crippen LogP contribution in [0.5, 0.6) is 0 Å². The van der Waals surface area contributed by atoms with Crippen molar-refractivity contribution in [3.05, 3.63) is 34.1 Å². The number of ether oxygens (including phenoxy) is 1. The minimum absolute atomic E-state index is 0.143. The van der Waals surface area contributed by atoms with E-state index >= 15 is 0 Å². The molecule has 0 radical (unpaired) electrons. The van der Waals surface area contributed by atoms with Gasteiger partial charge in [0.15, 0.2) is 11.9 Å². The first kappa shape index (κ1) is 17.5. The van der Waals surface area contributed by atoms with Gasteiger partial charge in [0.1, 0.15) is 6.54 Å². The van der Waals surface area contributed by atoms with Gasteiger partial charge in [0, 0.05) is 16.3 Å². The van der Waals surface area contributed by atoms with Gasteiger partial charge < -0.3 is 14.1 Å². The molecule has 1 saturated heterocycles. The summed E-state index contributed by atoms with van der Waals surface area (Å²) in [5, 5.41) is 4.96. The lowest BCUT2D eigenvalue weighted by Crippen LogP contribution is -3.14. The van der Waals surface area contributed by atoms with E-state index in [0.29, 0.717) is 29.0 Å². The molecule has 1 unspecified atom stereocenters. The predicted molar refractivity (Wildman–Crippen MR) is 94.7 cm³/mol. The van der Waals surface area contributed by atoms with Crippen molar-refractivity contribution in [1.82, 2.24) is 9.78 Å². The van der Waals surface area contributed by atoms with Gasteiger partial charge >= 0.3 is 5.97 Å². The van der Waals surface area contributed by atoms with E-state index in [-0.39, 0.29) is 11.2 Å². The number of methoxy groups -OCH3 is 1. The predicted octanol–water partition coefficient (Wildman–Crippen LogP) is 1.66. The number of carbonyl (C=O) groups is 1. The second kappa shape index (κ2) is 7.69. The molecule has 0 spiro atoms. The maximum atomic E-state index is 11.7. The summed E-state index contributed by atoms with van der Waals surface area (Å²) < 4.78 is 12.1. The van der Waals surface area contributed by atoms with Crippen molar-refractivity contribution < 1.29 is 18.8 Å². The number of hydrogen-bond acceptors (Lipinski definition) is 6. The zero-order valence-corrected chi connectivity index (χ0v) is 15.4. The van der Waals surface area contributed by atoms with Crippen molar-refractivity contribution >= 4 is 41.6 Å². The molecular formula is C15H17ClN3O3S2+. The molecular weight excluding hydrogens is 370 g/mol. The van der Waals surface area contributed by atoms with E-state index in [1.165, 1.54) is 12.0 Å². The van der Waals surface area contributed by atoms with Crippen LogP contribution in [0, 0.1) is 4.84 Å². The summed E-state index contributed by atoms with van der Waals surface area (Å²) in [6.07, 6.45) is 0. The summed E-state index contributed by atoms with van der Waals surface area (Å²) in [5.74, 6) is 1.18. The molecule has 2 aromatic rings. The quantitative estimate of drug-likeness (QED) is 0.637. The number of halogens is 1. The highest BCUT2D eigenvalue weighted by atomic mass is 35.5. The minimum atomic E-state index is -0.178. The molecule has 1 aliphatic heterocycles. The summed E-state index contributed by atoms with van der Waals surface area (Å²) >= 11 is 12.8. The van der Waals surface area contributed by atoms with Crippen LogP contribution in [0.4, 0.5) is 0 Å². The molecule has 0 amide bonds. The van der Waals surface area contributed by atoms with Crippen LogP contribution < -0.4 is 4.90 Å². The molecule has 128 valence electrons. The Hall–Kier alpha value is -1.35. The highest BCUT2D eigenvalue weighted by molar-refractivity contribution is 8.00. The van der Waals surface area contributed by atoms with Gasteiger partial charge in [0.05, 0.1) is 13.7 Å². The number of thioether (sulfide) groups is 1. The first-order chi connectivity index (χ1) is 11.6. The summed E-state index contributed by atoms with van der Waals surface area (Å²) in [4.78, 5) is 13.3. The zero-order chi connectivity index (χ0) is 17.1. The van der Waals surface area contributed by atoms with Gasteiger partial charge in [0.25, 0.3) is 4.84 Å². The average Bonchev–Trinajstić information content (AvgIpc) is 2.95. The second-order valence-electron chi connectivity index (χ2n) is 5.42. The Morgan fingerprint density at radius 3 is 3.00 bits per heavy atom. The molecule has 2 atom stereocenters. The van der Waals surface area contributed by atoms with Crippen LogP contribution in [0.3, 0.4) is 0 Å². The van der Waals surface area contributed by atoms with Crippen molar-refractivity contribution in [2.45, 2.75) is 11.9 Å². The molecule has 0 bridgehead atoms. The first-order valence-electron chi connectivity index (χ1n) is 7.43. The Morgan fingerprint density at radius 2 is 2.29 bits per heavy atom. The van der Waals surface area contributed by atoms with Gasteiger partial charge in [-0.3, -0.25) is 4.79 Å². The van der Waals surface area contributed by atoms with E-state index in [9.17, 15) is 4.79 Å². The number of nitrogens with one attached hydrogen (secondary N) is 1. The van der Waals surface area contributed by atoms with Crippen molar-refractivity contribution in [2.75, 3.05) is 26.0 Å². The highest BCUT2D eigenvalue weighted by Crippen LogP contribution is 2.20. The maximum Gasteiger partial charge on any atom is 0.324 e. The molecule has 1 aromatic heterocycles. The SMILES string of the molecule is COC(=O)[C@@H]1C[NH+](Cn2nc(-c3ccc(Cl)cc3)oc2=S)CCS1. The molecule has 1 aromatic carbocycles. The van der Waals surface area contributed by atoms with Crippen molar-refractivity contribution in [3.8, 4) is 11.5 Å². The van der Waals surface area contributed by atoms with Gasteiger partial charge in [-0.25, -0.2) is 0 Å². The fourth-order valence-electron chi connectivity index (χ4n) is 2.52. The van der Waals surface area contributed by atoms with Gasteiger partial charge in [-0.05, 0) is 36.5 Å². The number of nitrogens with zero attached hydrogens (tertiary/aromatic N) is 2.